The summed E-state index contributed by atoms with van der Waals surface area (Å²) in [5, 5.41) is 0. The summed E-state index contributed by atoms with van der Waals surface area (Å²) < 4.78 is 0. The van der Waals surface area contributed by atoms with E-state index in [2.05, 4.69) is 108 Å². The molecular weight excluding hydrogens is 408 g/mol. The van der Waals surface area contributed by atoms with Gasteiger partial charge in [0.25, 0.3) is 0 Å². The van der Waals surface area contributed by atoms with Crippen LogP contribution in [0.1, 0.15) is 24.0 Å². The molecule has 0 fully saturated rings. The summed E-state index contributed by atoms with van der Waals surface area (Å²) in [4.78, 5) is 18.9. The van der Waals surface area contributed by atoms with Gasteiger partial charge in [-0.3, -0.25) is 0 Å². The maximum Gasteiger partial charge on any atom is 0.178 e. The third-order valence-corrected chi connectivity index (χ3v) is 7.44. The molecule has 3 aliphatic rings. The van der Waals surface area contributed by atoms with Crippen LogP contribution in [0.3, 0.4) is 0 Å². The molecule has 0 amide bonds. The lowest BCUT2D eigenvalue weighted by Gasteiger charge is -2.50. The Hall–Kier alpha value is -3.80. The highest BCUT2D eigenvalue weighted by Crippen LogP contribution is 2.54. The van der Waals surface area contributed by atoms with Gasteiger partial charge in [-0.2, -0.15) is 0 Å². The van der Waals surface area contributed by atoms with Crippen molar-refractivity contribution >= 4 is 29.1 Å². The Balaban J connectivity index is 1.53. The number of anilines is 4. The van der Waals surface area contributed by atoms with Gasteiger partial charge in [0, 0.05) is 56.2 Å². The molecule has 6 rings (SSSR count). The summed E-state index contributed by atoms with van der Waals surface area (Å²) >= 11 is 0. The van der Waals surface area contributed by atoms with Gasteiger partial charge in [0.05, 0.1) is 0 Å². The van der Waals surface area contributed by atoms with Crippen LogP contribution in [0.5, 0.6) is 0 Å². The van der Waals surface area contributed by atoms with Crippen LogP contribution in [0.4, 0.5) is 23.0 Å². The molecule has 0 aliphatic carbocycles. The zero-order valence-electron chi connectivity index (χ0n) is 19.2. The van der Waals surface area contributed by atoms with Crippen molar-refractivity contribution in [3.63, 3.8) is 0 Å². The lowest BCUT2D eigenvalue weighted by molar-refractivity contribution is 0.193. The van der Waals surface area contributed by atoms with Gasteiger partial charge in [0.1, 0.15) is 12.3 Å². The van der Waals surface area contributed by atoms with E-state index in [9.17, 15) is 0 Å². The molecule has 4 unspecified atom stereocenters. The molecule has 33 heavy (non-hydrogen) atoms. The van der Waals surface area contributed by atoms with E-state index in [-0.39, 0.29) is 18.2 Å². The van der Waals surface area contributed by atoms with Crippen LogP contribution < -0.4 is 14.7 Å². The van der Waals surface area contributed by atoms with E-state index in [0.29, 0.717) is 5.92 Å². The Morgan fingerprint density at radius 3 is 2.33 bits per heavy atom. The lowest BCUT2D eigenvalue weighted by Crippen LogP contribution is -2.59. The van der Waals surface area contributed by atoms with Crippen molar-refractivity contribution < 1.29 is 0 Å². The molecule has 0 radical (unpaired) electrons. The first-order valence-corrected chi connectivity index (χ1v) is 11.4. The minimum absolute atomic E-state index is 0.0954. The number of hydrogen-bond acceptors (Lipinski definition) is 6. The van der Waals surface area contributed by atoms with Crippen molar-refractivity contribution in [2.45, 2.75) is 25.2 Å². The van der Waals surface area contributed by atoms with Crippen molar-refractivity contribution in [2.75, 3.05) is 28.8 Å². The average molecular weight is 437 g/mol. The summed E-state index contributed by atoms with van der Waals surface area (Å²) in [5.74, 6) is 2.44. The van der Waals surface area contributed by atoms with Gasteiger partial charge in [-0.15, -0.1) is 0 Å². The van der Waals surface area contributed by atoms with Crippen molar-refractivity contribution in [3.05, 3.63) is 91.0 Å². The SMILES string of the molecule is C=Cc1ccccc1N1C=CN(C)C1C1C(C)c2ccccc2N2c3nccnc3N(C)C12. The van der Waals surface area contributed by atoms with Crippen molar-refractivity contribution in [1.82, 2.24) is 14.9 Å². The van der Waals surface area contributed by atoms with Crippen LogP contribution in [0.15, 0.2) is 79.9 Å². The van der Waals surface area contributed by atoms with E-state index in [0.717, 1.165) is 17.2 Å². The third-order valence-electron chi connectivity index (χ3n) is 7.44. The Morgan fingerprint density at radius 1 is 0.848 bits per heavy atom. The third kappa shape index (κ3) is 2.73. The van der Waals surface area contributed by atoms with Crippen LogP contribution in [0, 0.1) is 5.92 Å². The number of rotatable bonds is 3. The minimum Gasteiger partial charge on any atom is -0.358 e. The predicted octanol–water partition coefficient (Wildman–Crippen LogP) is 5.02. The number of benzene rings is 2. The van der Waals surface area contributed by atoms with E-state index in [1.807, 2.05) is 6.08 Å². The van der Waals surface area contributed by atoms with Gasteiger partial charge in [-0.25, -0.2) is 9.97 Å². The molecule has 166 valence electrons. The van der Waals surface area contributed by atoms with Crippen LogP contribution >= 0.6 is 0 Å². The summed E-state index contributed by atoms with van der Waals surface area (Å²) in [5.41, 5.74) is 4.88. The van der Waals surface area contributed by atoms with Crippen LogP contribution in [0.25, 0.3) is 6.08 Å². The zero-order valence-corrected chi connectivity index (χ0v) is 19.2. The summed E-state index contributed by atoms with van der Waals surface area (Å²) in [7, 11) is 4.32. The molecule has 6 heteroatoms. The van der Waals surface area contributed by atoms with E-state index in [1.54, 1.807) is 12.4 Å². The number of fused-ring (bicyclic) bond motifs is 5. The minimum atomic E-state index is 0.0954. The first-order valence-electron chi connectivity index (χ1n) is 11.4. The molecule has 0 N–H and O–H groups in total. The Morgan fingerprint density at radius 2 is 1.55 bits per heavy atom. The normalized spacial score (nSPS) is 25.2. The Kier molecular flexibility index (Phi) is 4.43. The van der Waals surface area contributed by atoms with E-state index in [4.69, 9.17) is 9.97 Å². The van der Waals surface area contributed by atoms with Gasteiger partial charge in [-0.05, 0) is 29.2 Å². The molecule has 6 nitrogen and oxygen atoms in total. The van der Waals surface area contributed by atoms with Gasteiger partial charge in [-0.1, -0.05) is 56.0 Å². The molecule has 3 aliphatic heterocycles. The standard InChI is InChI=1S/C27H28N6/c1-5-19-10-6-8-12-21(19)32-17-16-30(3)26(32)23-18(2)20-11-7-9-13-22(20)33-25-24(28-14-15-29-25)31(4)27(23)33/h5-18,23,26-27H,1H2,2-4H3. The number of para-hydroxylation sites is 2. The fourth-order valence-corrected chi connectivity index (χ4v) is 5.95. The van der Waals surface area contributed by atoms with Crippen molar-refractivity contribution in [3.8, 4) is 0 Å². The number of aromatic nitrogens is 2. The molecule has 0 spiro atoms. The van der Waals surface area contributed by atoms with Crippen LogP contribution in [0.2, 0.25) is 0 Å². The molecule has 4 heterocycles. The number of nitrogens with zero attached hydrogens (tertiary/aromatic N) is 6. The van der Waals surface area contributed by atoms with E-state index < -0.39 is 0 Å². The van der Waals surface area contributed by atoms with Crippen LogP contribution in [-0.2, 0) is 0 Å². The molecule has 0 saturated heterocycles. The molecule has 0 saturated carbocycles. The molecule has 3 aromatic rings. The van der Waals surface area contributed by atoms with Crippen LogP contribution in [-0.4, -0.2) is 41.3 Å². The monoisotopic (exact) mass is 436 g/mol. The van der Waals surface area contributed by atoms with Gasteiger partial charge in [0.15, 0.2) is 11.6 Å². The molecule has 1 aromatic heterocycles. The van der Waals surface area contributed by atoms with Gasteiger partial charge >= 0.3 is 0 Å². The second-order valence-corrected chi connectivity index (χ2v) is 9.07. The zero-order chi connectivity index (χ0) is 22.7. The topological polar surface area (TPSA) is 38.7 Å². The lowest BCUT2D eigenvalue weighted by atomic mass is 9.77. The Labute approximate surface area is 195 Å². The quantitative estimate of drug-likeness (QED) is 0.574. The second-order valence-electron chi connectivity index (χ2n) is 9.07. The molecule has 2 aromatic carbocycles. The first-order chi connectivity index (χ1) is 16.1. The highest BCUT2D eigenvalue weighted by atomic mass is 15.5. The van der Waals surface area contributed by atoms with Crippen molar-refractivity contribution in [2.24, 2.45) is 5.92 Å². The first kappa shape index (κ1) is 19.9. The fraction of sp³-hybridized carbons (Fsp3) is 0.259. The Bertz CT molecular complexity index is 1250. The fourth-order valence-electron chi connectivity index (χ4n) is 5.95. The average Bonchev–Trinajstić information content (AvgIpc) is 3.37. The summed E-state index contributed by atoms with van der Waals surface area (Å²) in [6.45, 7) is 6.42. The smallest absolute Gasteiger partial charge is 0.178 e. The van der Waals surface area contributed by atoms with Crippen molar-refractivity contribution in [1.29, 1.82) is 0 Å². The highest BCUT2D eigenvalue weighted by molar-refractivity contribution is 5.81. The highest BCUT2D eigenvalue weighted by Gasteiger charge is 2.53. The predicted molar refractivity (Wildman–Crippen MR) is 134 cm³/mol. The second kappa shape index (κ2) is 7.37. The van der Waals surface area contributed by atoms with Gasteiger partial charge in [0.2, 0.25) is 0 Å². The van der Waals surface area contributed by atoms with E-state index in [1.165, 1.54) is 16.9 Å². The summed E-state index contributed by atoms with van der Waals surface area (Å²) in [6.07, 6.45) is 10.1. The largest absolute Gasteiger partial charge is 0.358 e. The maximum absolute atomic E-state index is 4.77. The maximum atomic E-state index is 4.77. The molecule has 0 bridgehead atoms. The van der Waals surface area contributed by atoms with E-state index >= 15 is 0 Å². The summed E-state index contributed by atoms with van der Waals surface area (Å²) in [6, 6.07) is 17.2. The van der Waals surface area contributed by atoms with Gasteiger partial charge < -0.3 is 19.6 Å². The number of hydrogen-bond donors (Lipinski definition) is 0. The molecular formula is C27H28N6. The molecule has 4 atom stereocenters.